The smallest absolute Gasteiger partial charge is 0.141 e. The van der Waals surface area contributed by atoms with E-state index in [1.54, 1.807) is 7.11 Å². The van der Waals surface area contributed by atoms with Crippen LogP contribution in [0.2, 0.25) is 0 Å². The van der Waals surface area contributed by atoms with Gasteiger partial charge in [-0.25, -0.2) is 0 Å². The fourth-order valence-electron chi connectivity index (χ4n) is 3.13. The molecule has 0 aromatic carbocycles. The number of hydrogen-bond donors (Lipinski definition) is 1. The standard InChI is InChI=1S/C16H26N2O/c1-4-17-15(13-9-7-12(2)8-10-13)16-14(19-3)6-5-11-18-16/h5-6,11-13,15,17H,4,7-10H2,1-3H3. The monoisotopic (exact) mass is 262 g/mol. The van der Waals surface area contributed by atoms with Crippen molar-refractivity contribution in [3.63, 3.8) is 0 Å². The lowest BCUT2D eigenvalue weighted by Gasteiger charge is -2.33. The number of ether oxygens (including phenoxy) is 1. The summed E-state index contributed by atoms with van der Waals surface area (Å²) in [4.78, 5) is 4.58. The second-order valence-corrected chi connectivity index (χ2v) is 5.65. The first-order valence-electron chi connectivity index (χ1n) is 7.48. The molecule has 2 rings (SSSR count). The van der Waals surface area contributed by atoms with Gasteiger partial charge in [0.2, 0.25) is 0 Å². The molecular formula is C16H26N2O. The van der Waals surface area contributed by atoms with Crippen molar-refractivity contribution in [1.29, 1.82) is 0 Å². The van der Waals surface area contributed by atoms with Gasteiger partial charge in [0.1, 0.15) is 5.75 Å². The highest BCUT2D eigenvalue weighted by molar-refractivity contribution is 5.30. The third kappa shape index (κ3) is 3.47. The van der Waals surface area contributed by atoms with Crippen LogP contribution < -0.4 is 10.1 Å². The molecule has 1 unspecified atom stereocenters. The van der Waals surface area contributed by atoms with E-state index in [4.69, 9.17) is 4.74 Å². The molecular weight excluding hydrogens is 236 g/mol. The highest BCUT2D eigenvalue weighted by Crippen LogP contribution is 2.38. The average Bonchev–Trinajstić information content (AvgIpc) is 2.46. The minimum Gasteiger partial charge on any atom is -0.495 e. The maximum atomic E-state index is 5.48. The van der Waals surface area contributed by atoms with Crippen molar-refractivity contribution in [1.82, 2.24) is 10.3 Å². The second-order valence-electron chi connectivity index (χ2n) is 5.65. The van der Waals surface area contributed by atoms with Gasteiger partial charge in [0.25, 0.3) is 0 Å². The normalized spacial score (nSPS) is 25.0. The van der Waals surface area contributed by atoms with Crippen LogP contribution in [0.5, 0.6) is 5.75 Å². The van der Waals surface area contributed by atoms with E-state index >= 15 is 0 Å². The molecule has 1 N–H and O–H groups in total. The largest absolute Gasteiger partial charge is 0.495 e. The SMILES string of the molecule is CCNC(c1ncccc1OC)C1CCC(C)CC1. The van der Waals surface area contributed by atoms with Crippen LogP contribution >= 0.6 is 0 Å². The molecule has 0 bridgehead atoms. The van der Waals surface area contributed by atoms with Crippen LogP contribution in [-0.2, 0) is 0 Å². The summed E-state index contributed by atoms with van der Waals surface area (Å²) in [5.41, 5.74) is 1.08. The Morgan fingerprint density at radius 1 is 1.37 bits per heavy atom. The lowest BCUT2D eigenvalue weighted by atomic mass is 9.78. The van der Waals surface area contributed by atoms with Crippen LogP contribution in [0.4, 0.5) is 0 Å². The molecule has 0 aliphatic heterocycles. The van der Waals surface area contributed by atoms with Crippen molar-refractivity contribution in [3.05, 3.63) is 24.0 Å². The molecule has 106 valence electrons. The minimum atomic E-state index is 0.327. The molecule has 3 nitrogen and oxygen atoms in total. The van der Waals surface area contributed by atoms with Crippen LogP contribution in [0.3, 0.4) is 0 Å². The molecule has 0 amide bonds. The van der Waals surface area contributed by atoms with E-state index in [1.807, 2.05) is 18.3 Å². The molecule has 1 saturated carbocycles. The lowest BCUT2D eigenvalue weighted by molar-refractivity contribution is 0.226. The number of aromatic nitrogens is 1. The molecule has 0 radical (unpaired) electrons. The van der Waals surface area contributed by atoms with Gasteiger partial charge < -0.3 is 10.1 Å². The third-order valence-electron chi connectivity index (χ3n) is 4.27. The summed E-state index contributed by atoms with van der Waals surface area (Å²) in [6.45, 7) is 5.49. The van der Waals surface area contributed by atoms with E-state index in [0.29, 0.717) is 12.0 Å². The van der Waals surface area contributed by atoms with E-state index in [9.17, 15) is 0 Å². The van der Waals surface area contributed by atoms with Crippen LogP contribution in [0, 0.1) is 11.8 Å². The molecule has 3 heteroatoms. The molecule has 19 heavy (non-hydrogen) atoms. The molecule has 1 aromatic rings. The first-order chi connectivity index (χ1) is 9.26. The highest BCUT2D eigenvalue weighted by atomic mass is 16.5. The third-order valence-corrected chi connectivity index (χ3v) is 4.27. The highest BCUT2D eigenvalue weighted by Gasteiger charge is 2.29. The van der Waals surface area contributed by atoms with E-state index < -0.39 is 0 Å². The number of pyridine rings is 1. The Morgan fingerprint density at radius 3 is 2.74 bits per heavy atom. The Hall–Kier alpha value is -1.09. The summed E-state index contributed by atoms with van der Waals surface area (Å²) < 4.78 is 5.48. The first-order valence-corrected chi connectivity index (χ1v) is 7.48. The Balaban J connectivity index is 2.19. The Morgan fingerprint density at radius 2 is 2.11 bits per heavy atom. The van der Waals surface area contributed by atoms with Gasteiger partial charge in [-0.1, -0.05) is 26.7 Å². The van der Waals surface area contributed by atoms with Gasteiger partial charge in [0, 0.05) is 6.20 Å². The van der Waals surface area contributed by atoms with Gasteiger partial charge in [-0.2, -0.15) is 0 Å². The molecule has 1 aromatic heterocycles. The van der Waals surface area contributed by atoms with E-state index in [0.717, 1.165) is 23.9 Å². The number of hydrogen-bond acceptors (Lipinski definition) is 3. The molecule has 1 aliphatic carbocycles. The fourth-order valence-corrected chi connectivity index (χ4v) is 3.13. The Labute approximate surface area is 116 Å². The van der Waals surface area contributed by atoms with E-state index in [2.05, 4.69) is 24.1 Å². The van der Waals surface area contributed by atoms with Gasteiger partial charge in [0.05, 0.1) is 18.8 Å². The van der Waals surface area contributed by atoms with Crippen LogP contribution in [0.1, 0.15) is 51.3 Å². The molecule has 0 spiro atoms. The Kier molecular flexibility index (Phi) is 5.20. The number of nitrogens with one attached hydrogen (secondary N) is 1. The molecule has 1 aliphatic rings. The zero-order valence-electron chi connectivity index (χ0n) is 12.4. The molecule has 0 saturated heterocycles. The van der Waals surface area contributed by atoms with Crippen molar-refractivity contribution in [2.45, 2.75) is 45.6 Å². The zero-order valence-corrected chi connectivity index (χ0v) is 12.4. The average molecular weight is 262 g/mol. The van der Waals surface area contributed by atoms with E-state index in [-0.39, 0.29) is 0 Å². The number of rotatable bonds is 5. The molecule has 1 heterocycles. The van der Waals surface area contributed by atoms with E-state index in [1.165, 1.54) is 25.7 Å². The minimum absolute atomic E-state index is 0.327. The predicted molar refractivity (Wildman–Crippen MR) is 78.3 cm³/mol. The predicted octanol–water partition coefficient (Wildman–Crippen LogP) is 3.57. The Bertz CT molecular complexity index is 386. The van der Waals surface area contributed by atoms with Gasteiger partial charge >= 0.3 is 0 Å². The number of methoxy groups -OCH3 is 1. The van der Waals surface area contributed by atoms with Crippen molar-refractivity contribution < 1.29 is 4.74 Å². The summed E-state index contributed by atoms with van der Waals surface area (Å²) in [5.74, 6) is 2.47. The first kappa shape index (κ1) is 14.3. The summed E-state index contributed by atoms with van der Waals surface area (Å²) in [6, 6.07) is 4.28. The second kappa shape index (κ2) is 6.90. The summed E-state index contributed by atoms with van der Waals surface area (Å²) in [5, 5.41) is 3.62. The lowest BCUT2D eigenvalue weighted by Crippen LogP contribution is -2.31. The fraction of sp³-hybridized carbons (Fsp3) is 0.688. The van der Waals surface area contributed by atoms with Gasteiger partial charge in [-0.05, 0) is 43.4 Å². The van der Waals surface area contributed by atoms with Crippen molar-refractivity contribution in [2.24, 2.45) is 11.8 Å². The van der Waals surface area contributed by atoms with Crippen molar-refractivity contribution in [2.75, 3.05) is 13.7 Å². The molecule has 1 fully saturated rings. The van der Waals surface area contributed by atoms with Gasteiger partial charge in [-0.15, -0.1) is 0 Å². The quantitative estimate of drug-likeness (QED) is 0.881. The summed E-state index contributed by atoms with van der Waals surface area (Å²) in [7, 11) is 1.73. The van der Waals surface area contributed by atoms with Gasteiger partial charge in [-0.3, -0.25) is 4.98 Å². The summed E-state index contributed by atoms with van der Waals surface area (Å²) >= 11 is 0. The van der Waals surface area contributed by atoms with Crippen LogP contribution in [0.25, 0.3) is 0 Å². The molecule has 1 atom stereocenters. The van der Waals surface area contributed by atoms with Crippen molar-refractivity contribution in [3.8, 4) is 5.75 Å². The zero-order chi connectivity index (χ0) is 13.7. The van der Waals surface area contributed by atoms with Gasteiger partial charge in [0.15, 0.2) is 0 Å². The topological polar surface area (TPSA) is 34.2 Å². The van der Waals surface area contributed by atoms with Crippen molar-refractivity contribution >= 4 is 0 Å². The maximum absolute atomic E-state index is 5.48. The number of nitrogens with zero attached hydrogens (tertiary/aromatic N) is 1. The summed E-state index contributed by atoms with van der Waals surface area (Å²) in [6.07, 6.45) is 7.12. The van der Waals surface area contributed by atoms with Crippen LogP contribution in [-0.4, -0.2) is 18.6 Å². The van der Waals surface area contributed by atoms with Crippen LogP contribution in [0.15, 0.2) is 18.3 Å². The maximum Gasteiger partial charge on any atom is 0.141 e.